The number of amides is 1. The van der Waals surface area contributed by atoms with Gasteiger partial charge in [0.15, 0.2) is 0 Å². The topological polar surface area (TPSA) is 84.9 Å². The Bertz CT molecular complexity index is 968. The number of aryl methyl sites for hydroxylation is 2. The molecule has 158 valence electrons. The lowest BCUT2D eigenvalue weighted by molar-refractivity contribution is -0.117. The van der Waals surface area contributed by atoms with E-state index in [2.05, 4.69) is 5.32 Å². The zero-order chi connectivity index (χ0) is 21.8. The van der Waals surface area contributed by atoms with Crippen LogP contribution in [-0.4, -0.2) is 40.8 Å². The van der Waals surface area contributed by atoms with Crippen molar-refractivity contribution in [1.82, 2.24) is 0 Å². The van der Waals surface area contributed by atoms with Crippen molar-refractivity contribution in [1.29, 1.82) is 0 Å². The Balaban J connectivity index is 2.47. The first kappa shape index (κ1) is 22.5. The van der Waals surface area contributed by atoms with E-state index in [1.165, 1.54) is 18.5 Å². The number of rotatable bonds is 8. The molecule has 1 atom stereocenters. The minimum absolute atomic E-state index is 0.290. The van der Waals surface area contributed by atoms with Crippen LogP contribution in [0.1, 0.15) is 24.5 Å². The Labute approximate surface area is 172 Å². The summed E-state index contributed by atoms with van der Waals surface area (Å²) in [6, 6.07) is 9.56. The van der Waals surface area contributed by atoms with Crippen LogP contribution in [0.4, 0.5) is 11.4 Å². The van der Waals surface area contributed by atoms with E-state index in [1.54, 1.807) is 37.3 Å². The van der Waals surface area contributed by atoms with Crippen LogP contribution < -0.4 is 19.1 Å². The highest BCUT2D eigenvalue weighted by atomic mass is 32.2. The molecule has 8 heteroatoms. The Kier molecular flexibility index (Phi) is 7.13. The molecule has 0 fully saturated rings. The number of methoxy groups -OCH3 is 2. The zero-order valence-corrected chi connectivity index (χ0v) is 18.5. The lowest BCUT2D eigenvalue weighted by Gasteiger charge is -2.30. The van der Waals surface area contributed by atoms with Gasteiger partial charge in [-0.15, -0.1) is 0 Å². The molecule has 29 heavy (non-hydrogen) atoms. The van der Waals surface area contributed by atoms with Crippen molar-refractivity contribution in [2.75, 3.05) is 30.1 Å². The molecule has 0 aliphatic heterocycles. The molecule has 2 aromatic rings. The standard InChI is InChI=1S/C21H28N2O5S/c1-7-19(21(24)22-18-13-17(27-4)8-9-20(18)28-5)23(29(6,25)26)16-11-14(2)10-15(3)12-16/h8-13,19H,7H2,1-6H3,(H,22,24). The Hall–Kier alpha value is -2.74. The maximum absolute atomic E-state index is 13.1. The van der Waals surface area contributed by atoms with Crippen LogP contribution in [0.25, 0.3) is 0 Å². The third kappa shape index (κ3) is 5.41. The third-order valence-electron chi connectivity index (χ3n) is 4.46. The summed E-state index contributed by atoms with van der Waals surface area (Å²) in [5.74, 6) is 0.540. The first-order valence-electron chi connectivity index (χ1n) is 9.21. The largest absolute Gasteiger partial charge is 0.497 e. The van der Waals surface area contributed by atoms with E-state index in [-0.39, 0.29) is 6.42 Å². The van der Waals surface area contributed by atoms with Gasteiger partial charge in [-0.25, -0.2) is 8.42 Å². The van der Waals surface area contributed by atoms with E-state index in [1.807, 2.05) is 19.9 Å². The summed E-state index contributed by atoms with van der Waals surface area (Å²) in [7, 11) is -0.697. The summed E-state index contributed by atoms with van der Waals surface area (Å²) in [4.78, 5) is 13.1. The molecule has 7 nitrogen and oxygen atoms in total. The molecule has 1 N–H and O–H groups in total. The molecule has 0 saturated heterocycles. The number of nitrogens with zero attached hydrogens (tertiary/aromatic N) is 1. The number of carbonyl (C=O) groups is 1. The van der Waals surface area contributed by atoms with Crippen molar-refractivity contribution in [3.8, 4) is 11.5 Å². The van der Waals surface area contributed by atoms with Gasteiger partial charge in [0.05, 0.1) is 31.9 Å². The number of hydrogen-bond acceptors (Lipinski definition) is 5. The lowest BCUT2D eigenvalue weighted by Crippen LogP contribution is -2.47. The summed E-state index contributed by atoms with van der Waals surface area (Å²) >= 11 is 0. The second-order valence-electron chi connectivity index (χ2n) is 6.88. The molecule has 0 aliphatic rings. The smallest absolute Gasteiger partial charge is 0.248 e. The van der Waals surface area contributed by atoms with E-state index in [0.717, 1.165) is 17.4 Å². The fourth-order valence-corrected chi connectivity index (χ4v) is 4.46. The van der Waals surface area contributed by atoms with Gasteiger partial charge in [-0.3, -0.25) is 9.10 Å². The summed E-state index contributed by atoms with van der Waals surface area (Å²) in [6.45, 7) is 5.55. The molecule has 0 aliphatic carbocycles. The minimum Gasteiger partial charge on any atom is -0.497 e. The Morgan fingerprint density at radius 2 is 1.69 bits per heavy atom. The van der Waals surface area contributed by atoms with Crippen molar-refractivity contribution < 1.29 is 22.7 Å². The fourth-order valence-electron chi connectivity index (χ4n) is 3.27. The third-order valence-corrected chi connectivity index (χ3v) is 5.64. The van der Waals surface area contributed by atoms with E-state index in [4.69, 9.17) is 9.47 Å². The maximum Gasteiger partial charge on any atom is 0.248 e. The highest BCUT2D eigenvalue weighted by Gasteiger charge is 2.32. The molecule has 2 rings (SSSR count). The predicted molar refractivity (Wildman–Crippen MR) is 115 cm³/mol. The van der Waals surface area contributed by atoms with Crippen LogP contribution in [0.15, 0.2) is 36.4 Å². The molecule has 1 amide bonds. The molecule has 0 heterocycles. The summed E-state index contributed by atoms with van der Waals surface area (Å²) in [5, 5.41) is 2.79. The summed E-state index contributed by atoms with van der Waals surface area (Å²) < 4.78 is 37.0. The van der Waals surface area contributed by atoms with Gasteiger partial charge in [0.2, 0.25) is 15.9 Å². The highest BCUT2D eigenvalue weighted by molar-refractivity contribution is 7.92. The van der Waals surface area contributed by atoms with Crippen molar-refractivity contribution in [2.45, 2.75) is 33.2 Å². The first-order chi connectivity index (χ1) is 13.6. The molecule has 0 saturated carbocycles. The normalized spacial score (nSPS) is 12.2. The molecular weight excluding hydrogens is 392 g/mol. The molecule has 0 bridgehead atoms. The molecule has 0 radical (unpaired) electrons. The number of sulfonamides is 1. The number of benzene rings is 2. The van der Waals surface area contributed by atoms with E-state index < -0.39 is 22.0 Å². The highest BCUT2D eigenvalue weighted by Crippen LogP contribution is 2.30. The van der Waals surface area contributed by atoms with Crippen LogP contribution in [0.2, 0.25) is 0 Å². The molecule has 0 aromatic heterocycles. The Morgan fingerprint density at radius 3 is 2.17 bits per heavy atom. The number of anilines is 2. The molecule has 1 unspecified atom stereocenters. The van der Waals surface area contributed by atoms with Gasteiger partial charge in [-0.1, -0.05) is 13.0 Å². The maximum atomic E-state index is 13.1. The van der Waals surface area contributed by atoms with E-state index in [0.29, 0.717) is 22.9 Å². The second-order valence-corrected chi connectivity index (χ2v) is 8.74. The van der Waals surface area contributed by atoms with Crippen LogP contribution in [0.3, 0.4) is 0 Å². The van der Waals surface area contributed by atoms with Gasteiger partial charge in [-0.2, -0.15) is 0 Å². The van der Waals surface area contributed by atoms with E-state index in [9.17, 15) is 13.2 Å². The first-order valence-corrected chi connectivity index (χ1v) is 11.1. The summed E-state index contributed by atoms with van der Waals surface area (Å²) in [6.07, 6.45) is 1.39. The quantitative estimate of drug-likeness (QED) is 0.706. The average Bonchev–Trinajstić information content (AvgIpc) is 2.63. The molecular formula is C21H28N2O5S. The number of nitrogens with one attached hydrogen (secondary N) is 1. The van der Waals surface area contributed by atoms with Crippen LogP contribution in [0, 0.1) is 13.8 Å². The number of carbonyl (C=O) groups excluding carboxylic acids is 1. The number of hydrogen-bond donors (Lipinski definition) is 1. The monoisotopic (exact) mass is 420 g/mol. The van der Waals surface area contributed by atoms with Gasteiger partial charge in [0.25, 0.3) is 0 Å². The van der Waals surface area contributed by atoms with Crippen LogP contribution >= 0.6 is 0 Å². The van der Waals surface area contributed by atoms with Gasteiger partial charge in [0.1, 0.15) is 17.5 Å². The average molecular weight is 421 g/mol. The molecule has 2 aromatic carbocycles. The van der Waals surface area contributed by atoms with Gasteiger partial charge in [0, 0.05) is 6.07 Å². The summed E-state index contributed by atoms with van der Waals surface area (Å²) in [5.41, 5.74) is 2.70. The van der Waals surface area contributed by atoms with E-state index >= 15 is 0 Å². The number of ether oxygens (including phenoxy) is 2. The van der Waals surface area contributed by atoms with Gasteiger partial charge in [-0.05, 0) is 55.7 Å². The van der Waals surface area contributed by atoms with Gasteiger partial charge >= 0.3 is 0 Å². The van der Waals surface area contributed by atoms with Crippen LogP contribution in [-0.2, 0) is 14.8 Å². The SMILES string of the molecule is CCC(C(=O)Nc1cc(OC)ccc1OC)N(c1cc(C)cc(C)c1)S(C)(=O)=O. The van der Waals surface area contributed by atoms with Crippen molar-refractivity contribution >= 4 is 27.3 Å². The van der Waals surface area contributed by atoms with Crippen molar-refractivity contribution in [2.24, 2.45) is 0 Å². The molecule has 0 spiro atoms. The van der Waals surface area contributed by atoms with Crippen molar-refractivity contribution in [3.63, 3.8) is 0 Å². The lowest BCUT2D eigenvalue weighted by atomic mass is 10.1. The Morgan fingerprint density at radius 1 is 1.07 bits per heavy atom. The zero-order valence-electron chi connectivity index (χ0n) is 17.6. The van der Waals surface area contributed by atoms with Gasteiger partial charge < -0.3 is 14.8 Å². The predicted octanol–water partition coefficient (Wildman–Crippen LogP) is 3.50. The van der Waals surface area contributed by atoms with Crippen LogP contribution in [0.5, 0.6) is 11.5 Å². The second kappa shape index (κ2) is 9.17. The van der Waals surface area contributed by atoms with Crippen molar-refractivity contribution in [3.05, 3.63) is 47.5 Å². The fraction of sp³-hybridized carbons (Fsp3) is 0.381. The minimum atomic E-state index is -3.71.